The van der Waals surface area contributed by atoms with Crippen molar-refractivity contribution in [3.63, 3.8) is 0 Å². The number of amides is 2. The molecule has 1 atom stereocenters. The maximum Gasteiger partial charge on any atom is 0.234 e. The van der Waals surface area contributed by atoms with Crippen LogP contribution < -0.4 is 20.1 Å². The zero-order chi connectivity index (χ0) is 20.7. The predicted molar refractivity (Wildman–Crippen MR) is 109 cm³/mol. The maximum atomic E-state index is 12.5. The van der Waals surface area contributed by atoms with Gasteiger partial charge in [0.2, 0.25) is 11.8 Å². The monoisotopic (exact) mass is 391 g/mol. The van der Waals surface area contributed by atoms with Crippen LogP contribution in [0.25, 0.3) is 0 Å². The highest BCUT2D eigenvalue weighted by Crippen LogP contribution is 2.34. The fourth-order valence-corrected chi connectivity index (χ4v) is 3.14. The molecule has 0 spiro atoms. The Morgan fingerprint density at radius 1 is 1.00 bits per heavy atom. The summed E-state index contributed by atoms with van der Waals surface area (Å²) in [7, 11) is 1.76. The van der Waals surface area contributed by atoms with Crippen molar-refractivity contribution in [2.75, 3.05) is 33.4 Å². The zero-order valence-corrected chi connectivity index (χ0v) is 17.6. The third kappa shape index (κ3) is 6.71. The molecular weight excluding hydrogens is 358 g/mol. The van der Waals surface area contributed by atoms with E-state index in [9.17, 15) is 9.59 Å². The average Bonchev–Trinajstić information content (AvgIpc) is 2.83. The highest BCUT2D eigenvalue weighted by molar-refractivity contribution is 5.81. The number of hydrogen-bond donors (Lipinski definition) is 2. The highest BCUT2D eigenvalue weighted by atomic mass is 16.5. The van der Waals surface area contributed by atoms with Crippen LogP contribution in [0.3, 0.4) is 0 Å². The van der Waals surface area contributed by atoms with Gasteiger partial charge in [-0.2, -0.15) is 0 Å². The van der Waals surface area contributed by atoms with Crippen molar-refractivity contribution in [2.45, 2.75) is 46.2 Å². The predicted octanol–water partition coefficient (Wildman–Crippen LogP) is 2.12. The quantitative estimate of drug-likeness (QED) is 0.710. The van der Waals surface area contributed by atoms with Crippen LogP contribution in [0.1, 0.15) is 45.7 Å². The van der Waals surface area contributed by atoms with Gasteiger partial charge in [-0.15, -0.1) is 0 Å². The Bertz CT molecular complexity index is 676. The summed E-state index contributed by atoms with van der Waals surface area (Å²) in [6.45, 7) is 9.55. The molecule has 1 aliphatic heterocycles. The normalized spacial score (nSPS) is 14.7. The Morgan fingerprint density at radius 3 is 2.21 bits per heavy atom. The van der Waals surface area contributed by atoms with E-state index in [1.165, 1.54) is 0 Å². The van der Waals surface area contributed by atoms with Crippen molar-refractivity contribution in [3.05, 3.63) is 23.8 Å². The molecule has 0 aromatic heterocycles. The van der Waals surface area contributed by atoms with Crippen LogP contribution >= 0.6 is 0 Å². The van der Waals surface area contributed by atoms with Crippen LogP contribution in [0.15, 0.2) is 18.2 Å². The van der Waals surface area contributed by atoms with E-state index in [0.717, 1.165) is 23.5 Å². The third-order valence-corrected chi connectivity index (χ3v) is 4.39. The van der Waals surface area contributed by atoms with Gasteiger partial charge in [0.25, 0.3) is 0 Å². The molecule has 2 rings (SSSR count). The van der Waals surface area contributed by atoms with E-state index in [1.54, 1.807) is 11.9 Å². The van der Waals surface area contributed by atoms with E-state index in [0.29, 0.717) is 13.2 Å². The highest BCUT2D eigenvalue weighted by Gasteiger charge is 2.22. The fourth-order valence-electron chi connectivity index (χ4n) is 3.14. The Kier molecular flexibility index (Phi) is 8.11. The van der Waals surface area contributed by atoms with Crippen LogP contribution in [-0.4, -0.2) is 56.1 Å². The van der Waals surface area contributed by atoms with Crippen molar-refractivity contribution in [1.29, 1.82) is 0 Å². The van der Waals surface area contributed by atoms with Gasteiger partial charge in [0.15, 0.2) is 11.5 Å². The van der Waals surface area contributed by atoms with Gasteiger partial charge in [0.05, 0.1) is 32.3 Å². The number of likely N-dealkylation sites (N-methyl/N-ethyl adjacent to an activating group) is 1. The number of carbonyl (C=O) groups is 2. The van der Waals surface area contributed by atoms with E-state index >= 15 is 0 Å². The van der Waals surface area contributed by atoms with Crippen LogP contribution in [0.5, 0.6) is 11.5 Å². The van der Waals surface area contributed by atoms with Crippen molar-refractivity contribution >= 4 is 11.8 Å². The number of hydrogen-bond acceptors (Lipinski definition) is 5. The number of benzene rings is 1. The maximum absolute atomic E-state index is 12.5. The lowest BCUT2D eigenvalue weighted by atomic mass is 9.95. The molecule has 0 bridgehead atoms. The molecule has 1 aromatic carbocycles. The summed E-state index contributed by atoms with van der Waals surface area (Å²) in [4.78, 5) is 26.1. The van der Waals surface area contributed by atoms with Crippen molar-refractivity contribution < 1.29 is 19.1 Å². The molecule has 28 heavy (non-hydrogen) atoms. The lowest BCUT2D eigenvalue weighted by Gasteiger charge is -2.25. The Morgan fingerprint density at radius 2 is 1.61 bits per heavy atom. The number of rotatable bonds is 8. The molecule has 1 heterocycles. The third-order valence-electron chi connectivity index (χ3n) is 4.39. The summed E-state index contributed by atoms with van der Waals surface area (Å²) in [6.07, 6.45) is 0.852. The minimum atomic E-state index is -0.150. The lowest BCUT2D eigenvalue weighted by molar-refractivity contribution is -0.125. The molecular formula is C21H33N3O4. The molecule has 156 valence electrons. The first-order valence-corrected chi connectivity index (χ1v) is 9.93. The molecule has 2 N–H and O–H groups in total. The minimum Gasteiger partial charge on any atom is -0.490 e. The summed E-state index contributed by atoms with van der Waals surface area (Å²) in [5.41, 5.74) is 0.979. The average molecular weight is 392 g/mol. The van der Waals surface area contributed by atoms with Crippen molar-refractivity contribution in [1.82, 2.24) is 15.5 Å². The molecule has 7 nitrogen and oxygen atoms in total. The van der Waals surface area contributed by atoms with Crippen LogP contribution in [0.2, 0.25) is 0 Å². The fraction of sp³-hybridized carbons (Fsp3) is 0.619. The molecule has 0 saturated carbocycles. The smallest absolute Gasteiger partial charge is 0.234 e. The molecule has 7 heteroatoms. The number of nitrogens with one attached hydrogen (secondary N) is 2. The van der Waals surface area contributed by atoms with Gasteiger partial charge in [-0.25, -0.2) is 0 Å². The largest absolute Gasteiger partial charge is 0.490 e. The molecule has 1 aliphatic rings. The molecule has 0 saturated heterocycles. The second kappa shape index (κ2) is 10.3. The van der Waals surface area contributed by atoms with Crippen molar-refractivity contribution in [2.24, 2.45) is 5.92 Å². The van der Waals surface area contributed by atoms with Gasteiger partial charge >= 0.3 is 0 Å². The standard InChI is InChI=1S/C21H33N3O4/c1-14(2)21(16-7-8-17-18(11-16)28-10-6-9-27-17)23-20(26)13-24(5)12-19(25)22-15(3)4/h7-8,11,14-15,21H,6,9-10,12-13H2,1-5H3,(H,22,25)(H,23,26). The first-order valence-electron chi connectivity index (χ1n) is 9.93. The van der Waals surface area contributed by atoms with Gasteiger partial charge < -0.3 is 20.1 Å². The van der Waals surface area contributed by atoms with Crippen LogP contribution in [0.4, 0.5) is 0 Å². The molecule has 0 fully saturated rings. The summed E-state index contributed by atoms with van der Waals surface area (Å²) in [6, 6.07) is 5.76. The Hall–Kier alpha value is -2.28. The van der Waals surface area contributed by atoms with Gasteiger partial charge in [-0.05, 0) is 44.5 Å². The second-order valence-electron chi connectivity index (χ2n) is 7.94. The first-order chi connectivity index (χ1) is 13.3. The number of fused-ring (bicyclic) bond motifs is 1. The number of carbonyl (C=O) groups excluding carboxylic acids is 2. The topological polar surface area (TPSA) is 79.9 Å². The zero-order valence-electron chi connectivity index (χ0n) is 17.6. The number of nitrogens with zero attached hydrogens (tertiary/aromatic N) is 1. The van der Waals surface area contributed by atoms with Gasteiger partial charge in [-0.3, -0.25) is 14.5 Å². The van der Waals surface area contributed by atoms with Crippen molar-refractivity contribution in [3.8, 4) is 11.5 Å². The molecule has 2 amide bonds. The van der Waals surface area contributed by atoms with E-state index < -0.39 is 0 Å². The van der Waals surface area contributed by atoms with Crippen LogP contribution in [-0.2, 0) is 9.59 Å². The van der Waals surface area contributed by atoms with E-state index in [4.69, 9.17) is 9.47 Å². The molecule has 1 aromatic rings. The Balaban J connectivity index is 1.99. The molecule has 0 aliphatic carbocycles. The van der Waals surface area contributed by atoms with Crippen LogP contribution in [0, 0.1) is 5.92 Å². The second-order valence-corrected chi connectivity index (χ2v) is 7.94. The van der Waals surface area contributed by atoms with E-state index in [-0.39, 0.29) is 42.9 Å². The first kappa shape index (κ1) is 22.0. The minimum absolute atomic E-state index is 0.0828. The van der Waals surface area contributed by atoms with E-state index in [1.807, 2.05) is 32.0 Å². The Labute approximate surface area is 167 Å². The lowest BCUT2D eigenvalue weighted by Crippen LogP contribution is -2.43. The molecule has 1 unspecified atom stereocenters. The SMILES string of the molecule is CC(C)NC(=O)CN(C)CC(=O)NC(c1ccc2c(c1)OCCCO2)C(C)C. The summed E-state index contributed by atoms with van der Waals surface area (Å²) < 4.78 is 11.5. The summed E-state index contributed by atoms with van der Waals surface area (Å²) in [5, 5.41) is 5.92. The van der Waals surface area contributed by atoms with Gasteiger partial charge in [0, 0.05) is 12.5 Å². The van der Waals surface area contributed by atoms with Gasteiger partial charge in [0.1, 0.15) is 0 Å². The van der Waals surface area contributed by atoms with E-state index in [2.05, 4.69) is 24.5 Å². The van der Waals surface area contributed by atoms with Gasteiger partial charge in [-0.1, -0.05) is 19.9 Å². The summed E-state index contributed by atoms with van der Waals surface area (Å²) in [5.74, 6) is 1.45. The molecule has 0 radical (unpaired) electrons. The number of ether oxygens (including phenoxy) is 2. The summed E-state index contributed by atoms with van der Waals surface area (Å²) >= 11 is 0.